The molecule has 12 nitrogen and oxygen atoms in total. The molecular weight excluding hydrogens is 500 g/mol. The van der Waals surface area contributed by atoms with Crippen molar-refractivity contribution in [3.63, 3.8) is 0 Å². The van der Waals surface area contributed by atoms with Crippen LogP contribution in [0.15, 0.2) is 25.3 Å². The number of fused-ring (bicyclic) bond motifs is 2. The number of ether oxygens (including phenoxy) is 6. The largest absolute Gasteiger partial charge is 0.460 e. The lowest BCUT2D eigenvalue weighted by Gasteiger charge is -2.22. The Bertz CT molecular complexity index is 790. The minimum absolute atomic E-state index is 0.108. The van der Waals surface area contributed by atoms with Crippen molar-refractivity contribution in [3.8, 4) is 0 Å². The Morgan fingerprint density at radius 2 is 1.24 bits per heavy atom. The van der Waals surface area contributed by atoms with Crippen LogP contribution in [0.25, 0.3) is 0 Å². The second-order valence-electron chi connectivity index (χ2n) is 9.00. The Balaban J connectivity index is 1.48. The monoisotopic (exact) mass is 540 g/mol. The number of carbonyl (C=O) groups excluding carboxylic acids is 4. The van der Waals surface area contributed by atoms with Gasteiger partial charge in [-0.05, 0) is 49.4 Å². The van der Waals surface area contributed by atoms with E-state index in [0.717, 1.165) is 31.4 Å². The highest BCUT2D eigenvalue weighted by atomic mass is 16.6. The molecule has 2 rings (SSSR count). The fraction of sp³-hybridized carbons (Fsp3) is 0.692. The number of alkyl carbamates (subject to hydrolysis) is 2. The molecule has 0 heterocycles. The summed E-state index contributed by atoms with van der Waals surface area (Å²) in [4.78, 5) is 45.7. The van der Waals surface area contributed by atoms with Gasteiger partial charge in [0.1, 0.15) is 26.4 Å². The van der Waals surface area contributed by atoms with Gasteiger partial charge in [-0.1, -0.05) is 13.2 Å². The average Bonchev–Trinajstić information content (AvgIpc) is 3.46. The van der Waals surface area contributed by atoms with E-state index in [0.29, 0.717) is 36.8 Å². The molecule has 0 aromatic rings. The maximum Gasteiger partial charge on any atom is 0.407 e. The van der Waals surface area contributed by atoms with E-state index in [9.17, 15) is 19.2 Å². The van der Waals surface area contributed by atoms with Crippen LogP contribution in [0, 0.1) is 23.7 Å². The first kappa shape index (κ1) is 31.1. The van der Waals surface area contributed by atoms with E-state index in [2.05, 4.69) is 23.8 Å². The van der Waals surface area contributed by atoms with Crippen LogP contribution in [0.4, 0.5) is 9.59 Å². The maximum absolute atomic E-state index is 12.0. The Labute approximate surface area is 223 Å². The van der Waals surface area contributed by atoms with Crippen LogP contribution in [0.3, 0.4) is 0 Å². The van der Waals surface area contributed by atoms with Crippen molar-refractivity contribution >= 4 is 24.1 Å². The lowest BCUT2D eigenvalue weighted by molar-refractivity contribution is -0.140. The Morgan fingerprint density at radius 1 is 0.711 bits per heavy atom. The fourth-order valence-electron chi connectivity index (χ4n) is 5.08. The summed E-state index contributed by atoms with van der Waals surface area (Å²) in [5, 5.41) is 5.64. The number of hydrogen-bond donors (Lipinski definition) is 2. The summed E-state index contributed by atoms with van der Waals surface area (Å²) in [6, 6.07) is 0. The second kappa shape index (κ2) is 18.2. The normalized spacial score (nSPS) is 21.3. The van der Waals surface area contributed by atoms with Crippen LogP contribution in [-0.4, -0.2) is 90.1 Å². The van der Waals surface area contributed by atoms with Crippen molar-refractivity contribution in [2.45, 2.75) is 25.7 Å². The van der Waals surface area contributed by atoms with Gasteiger partial charge in [0.05, 0.1) is 26.4 Å². The first-order chi connectivity index (χ1) is 18.4. The van der Waals surface area contributed by atoms with E-state index in [1.165, 1.54) is 6.42 Å². The van der Waals surface area contributed by atoms with Gasteiger partial charge in [0.25, 0.3) is 0 Å². The standard InChI is InChI=1S/C26H40N2O10/c1-3-23(29)35-13-9-33-11-15-37-25(31)27-8-7-22-19-5-6-21(22)20(17-19)18-28-26(32)38-16-12-34-10-14-36-24(30)4-2/h3-4,19-22H,1-2,5-18H2,(H,27,31)(H,28,32). The Hall–Kier alpha value is -3.12. The van der Waals surface area contributed by atoms with Gasteiger partial charge >= 0.3 is 24.1 Å². The SMILES string of the molecule is C=CC(=O)OCCOCCOC(=O)NCCC1C2CCC1C(CNC(=O)OCCOCCOC(=O)C=C)C2. The number of esters is 2. The van der Waals surface area contributed by atoms with Gasteiger partial charge in [0.15, 0.2) is 0 Å². The van der Waals surface area contributed by atoms with E-state index in [1.807, 2.05) is 0 Å². The van der Waals surface area contributed by atoms with Crippen LogP contribution < -0.4 is 10.6 Å². The number of amides is 2. The quantitative estimate of drug-likeness (QED) is 0.108. The highest BCUT2D eigenvalue weighted by Gasteiger charge is 2.47. The predicted molar refractivity (Wildman–Crippen MR) is 135 cm³/mol. The molecule has 2 aliphatic carbocycles. The molecule has 38 heavy (non-hydrogen) atoms. The molecule has 2 aliphatic rings. The molecule has 2 N–H and O–H groups in total. The molecule has 0 saturated heterocycles. The van der Waals surface area contributed by atoms with Crippen molar-refractivity contribution < 1.29 is 47.6 Å². The summed E-state index contributed by atoms with van der Waals surface area (Å²) in [5.74, 6) is 1.02. The molecule has 0 spiro atoms. The zero-order valence-corrected chi connectivity index (χ0v) is 21.9. The van der Waals surface area contributed by atoms with Crippen molar-refractivity contribution in [2.24, 2.45) is 23.7 Å². The smallest absolute Gasteiger partial charge is 0.407 e. The molecule has 4 unspecified atom stereocenters. The minimum Gasteiger partial charge on any atom is -0.460 e. The predicted octanol–water partition coefficient (Wildman–Crippen LogP) is 1.98. The zero-order valence-electron chi connectivity index (χ0n) is 21.9. The molecule has 2 saturated carbocycles. The molecule has 0 aliphatic heterocycles. The molecule has 0 aromatic heterocycles. The fourth-order valence-corrected chi connectivity index (χ4v) is 5.08. The lowest BCUT2D eigenvalue weighted by atomic mass is 9.87. The van der Waals surface area contributed by atoms with Crippen LogP contribution >= 0.6 is 0 Å². The number of rotatable bonds is 19. The summed E-state index contributed by atoms with van der Waals surface area (Å²) in [6.45, 7) is 9.00. The van der Waals surface area contributed by atoms with Gasteiger partial charge in [0, 0.05) is 25.2 Å². The van der Waals surface area contributed by atoms with E-state index < -0.39 is 24.1 Å². The number of carbonyl (C=O) groups is 4. The molecule has 0 radical (unpaired) electrons. The van der Waals surface area contributed by atoms with Crippen molar-refractivity contribution in [3.05, 3.63) is 25.3 Å². The number of nitrogens with one attached hydrogen (secondary N) is 2. The highest BCUT2D eigenvalue weighted by molar-refractivity contribution is 5.81. The highest BCUT2D eigenvalue weighted by Crippen LogP contribution is 2.53. The Morgan fingerprint density at radius 3 is 1.79 bits per heavy atom. The third kappa shape index (κ3) is 12.0. The molecule has 214 valence electrons. The third-order valence-electron chi connectivity index (χ3n) is 6.69. The van der Waals surface area contributed by atoms with E-state index in [4.69, 9.17) is 28.4 Å². The van der Waals surface area contributed by atoms with Crippen molar-refractivity contribution in [1.82, 2.24) is 10.6 Å². The summed E-state index contributed by atoms with van der Waals surface area (Å²) in [5.41, 5.74) is 0. The summed E-state index contributed by atoms with van der Waals surface area (Å²) >= 11 is 0. The van der Waals surface area contributed by atoms with Crippen LogP contribution in [-0.2, 0) is 38.0 Å². The second-order valence-corrected chi connectivity index (χ2v) is 9.00. The van der Waals surface area contributed by atoms with Gasteiger partial charge in [0.2, 0.25) is 0 Å². The van der Waals surface area contributed by atoms with Gasteiger partial charge in [-0.15, -0.1) is 0 Å². The molecule has 0 aromatic carbocycles. The summed E-state index contributed by atoms with van der Waals surface area (Å²) in [7, 11) is 0. The lowest BCUT2D eigenvalue weighted by Crippen LogP contribution is -2.33. The van der Waals surface area contributed by atoms with E-state index in [-0.39, 0.29) is 52.9 Å². The van der Waals surface area contributed by atoms with E-state index >= 15 is 0 Å². The van der Waals surface area contributed by atoms with Crippen LogP contribution in [0.5, 0.6) is 0 Å². The molecule has 2 bridgehead atoms. The molecule has 2 fully saturated rings. The average molecular weight is 541 g/mol. The third-order valence-corrected chi connectivity index (χ3v) is 6.69. The minimum atomic E-state index is -0.508. The summed E-state index contributed by atoms with van der Waals surface area (Å²) < 4.78 is 30.2. The van der Waals surface area contributed by atoms with Gasteiger partial charge in [-0.3, -0.25) is 0 Å². The number of hydrogen-bond acceptors (Lipinski definition) is 10. The molecule has 12 heteroatoms. The van der Waals surface area contributed by atoms with Crippen molar-refractivity contribution in [1.29, 1.82) is 0 Å². The van der Waals surface area contributed by atoms with Gasteiger partial charge in [-0.2, -0.15) is 0 Å². The first-order valence-electron chi connectivity index (χ1n) is 13.0. The van der Waals surface area contributed by atoms with E-state index in [1.54, 1.807) is 0 Å². The molecular formula is C26H40N2O10. The molecule has 4 atom stereocenters. The first-order valence-corrected chi connectivity index (χ1v) is 13.0. The van der Waals surface area contributed by atoms with Crippen LogP contribution in [0.1, 0.15) is 25.7 Å². The molecule has 2 amide bonds. The maximum atomic E-state index is 12.0. The van der Waals surface area contributed by atoms with Crippen LogP contribution in [0.2, 0.25) is 0 Å². The van der Waals surface area contributed by atoms with Gasteiger partial charge < -0.3 is 39.1 Å². The topological polar surface area (TPSA) is 148 Å². The van der Waals surface area contributed by atoms with Gasteiger partial charge in [-0.25, -0.2) is 19.2 Å². The Kier molecular flexibility index (Phi) is 14.9. The van der Waals surface area contributed by atoms with Crippen molar-refractivity contribution in [2.75, 3.05) is 65.9 Å². The summed E-state index contributed by atoms with van der Waals surface area (Å²) in [6.07, 6.45) is 5.44. The zero-order chi connectivity index (χ0) is 27.6.